The molecule has 0 saturated heterocycles. The van der Waals surface area contributed by atoms with Gasteiger partial charge in [-0.2, -0.15) is 0 Å². The summed E-state index contributed by atoms with van der Waals surface area (Å²) >= 11 is 7.53. The highest BCUT2D eigenvalue weighted by atomic mass is 127. The Bertz CT molecular complexity index is 353. The zero-order chi connectivity index (χ0) is 9.84. The van der Waals surface area contributed by atoms with Gasteiger partial charge in [-0.05, 0) is 22.6 Å². The van der Waals surface area contributed by atoms with Crippen molar-refractivity contribution in [3.8, 4) is 0 Å². The normalized spacial score (nSPS) is 10.4. The SMILES string of the molecule is COCCn1cnc(Cl)c(I)c1=O. The minimum absolute atomic E-state index is 0.127. The second-order valence-corrected chi connectivity index (χ2v) is 3.78. The molecule has 0 aliphatic carbocycles. The summed E-state index contributed by atoms with van der Waals surface area (Å²) in [5.41, 5.74) is -0.127. The Morgan fingerprint density at radius 2 is 2.46 bits per heavy atom. The van der Waals surface area contributed by atoms with Crippen molar-refractivity contribution >= 4 is 34.2 Å². The van der Waals surface area contributed by atoms with Gasteiger partial charge in [-0.1, -0.05) is 11.6 Å². The Labute approximate surface area is 94.0 Å². The van der Waals surface area contributed by atoms with E-state index in [2.05, 4.69) is 4.98 Å². The molecule has 0 radical (unpaired) electrons. The van der Waals surface area contributed by atoms with E-state index in [1.807, 2.05) is 22.6 Å². The van der Waals surface area contributed by atoms with Crippen LogP contribution in [0.4, 0.5) is 0 Å². The van der Waals surface area contributed by atoms with Gasteiger partial charge in [0.25, 0.3) is 5.56 Å². The van der Waals surface area contributed by atoms with E-state index < -0.39 is 0 Å². The molecule has 0 unspecified atom stereocenters. The Balaban J connectivity index is 2.97. The van der Waals surface area contributed by atoms with Crippen LogP contribution in [0.25, 0.3) is 0 Å². The van der Waals surface area contributed by atoms with Gasteiger partial charge in [0.15, 0.2) is 0 Å². The summed E-state index contributed by atoms with van der Waals surface area (Å²) in [6.07, 6.45) is 1.42. The van der Waals surface area contributed by atoms with Crippen LogP contribution in [0.1, 0.15) is 0 Å². The Morgan fingerprint density at radius 1 is 1.77 bits per heavy atom. The fraction of sp³-hybridized carbons (Fsp3) is 0.429. The second kappa shape index (κ2) is 4.92. The third kappa shape index (κ3) is 2.65. The number of rotatable bonds is 3. The summed E-state index contributed by atoms with van der Waals surface area (Å²) < 4.78 is 6.76. The molecule has 0 aromatic carbocycles. The first kappa shape index (κ1) is 10.9. The van der Waals surface area contributed by atoms with Crippen LogP contribution in [0.5, 0.6) is 0 Å². The van der Waals surface area contributed by atoms with Crippen LogP contribution in [0, 0.1) is 3.57 Å². The van der Waals surface area contributed by atoms with Crippen molar-refractivity contribution in [3.63, 3.8) is 0 Å². The quantitative estimate of drug-likeness (QED) is 0.621. The molecule has 0 bridgehead atoms. The van der Waals surface area contributed by atoms with Crippen LogP contribution < -0.4 is 5.56 Å². The van der Waals surface area contributed by atoms with E-state index in [0.29, 0.717) is 16.7 Å². The van der Waals surface area contributed by atoms with Crippen molar-refractivity contribution in [2.45, 2.75) is 6.54 Å². The molecule has 0 amide bonds. The molecule has 13 heavy (non-hydrogen) atoms. The average molecular weight is 315 g/mol. The first-order valence-corrected chi connectivity index (χ1v) is 5.02. The maximum Gasteiger partial charge on any atom is 0.268 e. The van der Waals surface area contributed by atoms with Gasteiger partial charge in [0.1, 0.15) is 8.72 Å². The van der Waals surface area contributed by atoms with Gasteiger partial charge in [0.05, 0.1) is 19.5 Å². The molecule has 0 fully saturated rings. The lowest BCUT2D eigenvalue weighted by Gasteiger charge is -2.04. The highest BCUT2D eigenvalue weighted by Gasteiger charge is 2.05. The van der Waals surface area contributed by atoms with Crippen molar-refractivity contribution in [1.29, 1.82) is 0 Å². The molecule has 4 nitrogen and oxygen atoms in total. The fourth-order valence-electron chi connectivity index (χ4n) is 0.793. The maximum atomic E-state index is 11.5. The Hall–Kier alpha value is -0.140. The predicted octanol–water partition coefficient (Wildman–Crippen LogP) is 1.15. The van der Waals surface area contributed by atoms with E-state index >= 15 is 0 Å². The van der Waals surface area contributed by atoms with Gasteiger partial charge in [0.2, 0.25) is 0 Å². The largest absolute Gasteiger partial charge is 0.383 e. The second-order valence-electron chi connectivity index (χ2n) is 2.34. The summed E-state index contributed by atoms with van der Waals surface area (Å²) in [6, 6.07) is 0. The molecular formula is C7H8ClIN2O2. The smallest absolute Gasteiger partial charge is 0.268 e. The lowest BCUT2D eigenvalue weighted by molar-refractivity contribution is 0.185. The van der Waals surface area contributed by atoms with E-state index in [1.54, 1.807) is 7.11 Å². The Kier molecular flexibility index (Phi) is 4.14. The van der Waals surface area contributed by atoms with Gasteiger partial charge in [-0.25, -0.2) is 4.98 Å². The van der Waals surface area contributed by atoms with E-state index in [0.717, 1.165) is 0 Å². The Morgan fingerprint density at radius 3 is 3.08 bits per heavy atom. The van der Waals surface area contributed by atoms with Crippen LogP contribution in [0.2, 0.25) is 5.15 Å². The van der Waals surface area contributed by atoms with Crippen molar-refractivity contribution in [2.75, 3.05) is 13.7 Å². The average Bonchev–Trinajstić information content (AvgIpc) is 2.13. The van der Waals surface area contributed by atoms with Crippen molar-refractivity contribution < 1.29 is 4.74 Å². The molecule has 1 rings (SSSR count). The van der Waals surface area contributed by atoms with Gasteiger partial charge in [-0.15, -0.1) is 0 Å². The number of aromatic nitrogens is 2. The zero-order valence-corrected chi connectivity index (χ0v) is 9.87. The molecule has 1 aromatic heterocycles. The molecule has 1 heterocycles. The third-order valence-corrected chi connectivity index (χ3v) is 3.05. The first-order valence-electron chi connectivity index (χ1n) is 3.56. The molecule has 0 spiro atoms. The van der Waals surface area contributed by atoms with E-state index in [9.17, 15) is 4.79 Å². The highest BCUT2D eigenvalue weighted by Crippen LogP contribution is 2.08. The van der Waals surface area contributed by atoms with Crippen LogP contribution in [-0.2, 0) is 11.3 Å². The lowest BCUT2D eigenvalue weighted by atomic mass is 10.6. The van der Waals surface area contributed by atoms with E-state index in [1.165, 1.54) is 10.9 Å². The van der Waals surface area contributed by atoms with Gasteiger partial charge >= 0.3 is 0 Å². The fourth-order valence-corrected chi connectivity index (χ4v) is 1.37. The number of hydrogen-bond acceptors (Lipinski definition) is 3. The molecule has 0 aliphatic rings. The zero-order valence-electron chi connectivity index (χ0n) is 6.96. The number of methoxy groups -OCH3 is 1. The summed E-state index contributed by atoms with van der Waals surface area (Å²) in [6.45, 7) is 0.981. The van der Waals surface area contributed by atoms with Gasteiger partial charge < -0.3 is 4.74 Å². The first-order chi connectivity index (χ1) is 6.16. The summed E-state index contributed by atoms with van der Waals surface area (Å²) in [4.78, 5) is 15.3. The summed E-state index contributed by atoms with van der Waals surface area (Å²) in [5.74, 6) is 0. The van der Waals surface area contributed by atoms with E-state index in [4.69, 9.17) is 16.3 Å². The molecule has 72 valence electrons. The minimum atomic E-state index is -0.127. The minimum Gasteiger partial charge on any atom is -0.383 e. The summed E-state index contributed by atoms with van der Waals surface area (Å²) in [7, 11) is 1.58. The number of ether oxygens (including phenoxy) is 1. The number of hydrogen-bond donors (Lipinski definition) is 0. The highest BCUT2D eigenvalue weighted by molar-refractivity contribution is 14.1. The topological polar surface area (TPSA) is 44.1 Å². The van der Waals surface area contributed by atoms with Crippen molar-refractivity contribution in [1.82, 2.24) is 9.55 Å². The lowest BCUT2D eigenvalue weighted by Crippen LogP contribution is -2.24. The van der Waals surface area contributed by atoms with Crippen LogP contribution in [0.15, 0.2) is 11.1 Å². The number of nitrogens with zero attached hydrogens (tertiary/aromatic N) is 2. The molecule has 0 N–H and O–H groups in total. The monoisotopic (exact) mass is 314 g/mol. The number of halogens is 2. The summed E-state index contributed by atoms with van der Waals surface area (Å²) in [5, 5.41) is 0.249. The van der Waals surface area contributed by atoms with E-state index in [-0.39, 0.29) is 10.7 Å². The van der Waals surface area contributed by atoms with Crippen LogP contribution >= 0.6 is 34.2 Å². The molecule has 6 heteroatoms. The molecule has 0 saturated carbocycles. The standard InChI is InChI=1S/C7H8ClIN2O2/c1-13-3-2-11-4-10-6(8)5(9)7(11)12/h4H,2-3H2,1H3. The predicted molar refractivity (Wildman–Crippen MR) is 58.1 cm³/mol. The van der Waals surface area contributed by atoms with Crippen LogP contribution in [-0.4, -0.2) is 23.3 Å². The molecule has 1 aromatic rings. The molecule has 0 aliphatic heterocycles. The van der Waals surface area contributed by atoms with Crippen molar-refractivity contribution in [3.05, 3.63) is 25.4 Å². The molecular weight excluding hydrogens is 306 g/mol. The van der Waals surface area contributed by atoms with Crippen molar-refractivity contribution in [2.24, 2.45) is 0 Å². The maximum absolute atomic E-state index is 11.5. The van der Waals surface area contributed by atoms with Gasteiger partial charge in [-0.3, -0.25) is 9.36 Å². The van der Waals surface area contributed by atoms with Crippen LogP contribution in [0.3, 0.4) is 0 Å². The van der Waals surface area contributed by atoms with Gasteiger partial charge in [0, 0.05) is 7.11 Å². The molecule has 0 atom stereocenters. The third-order valence-electron chi connectivity index (χ3n) is 1.48.